The first-order valence-electron chi connectivity index (χ1n) is 13.3. The normalized spacial score (nSPS) is 12.0. The number of hydrogen-bond acceptors (Lipinski definition) is 3. The van der Waals surface area contributed by atoms with Gasteiger partial charge in [-0.2, -0.15) is 0 Å². The molecule has 0 unspecified atom stereocenters. The first-order chi connectivity index (χ1) is 18.9. The van der Waals surface area contributed by atoms with Crippen LogP contribution in [0, 0.1) is 0 Å². The predicted molar refractivity (Wildman–Crippen MR) is 172 cm³/mol. The van der Waals surface area contributed by atoms with Gasteiger partial charge in [-0.3, -0.25) is 4.98 Å². The Morgan fingerprint density at radius 1 is 0.564 bits per heavy atom. The summed E-state index contributed by atoms with van der Waals surface area (Å²) in [6.07, 6.45) is 3.86. The fraction of sp³-hybridized carbons (Fsp3) is 0.0857. The van der Waals surface area contributed by atoms with Gasteiger partial charge in [0.05, 0.1) is 13.6 Å². The Bertz CT molecular complexity index is 1980. The zero-order valence-electron chi connectivity index (χ0n) is 22.3. The fourth-order valence-electron chi connectivity index (χ4n) is 5.27. The van der Waals surface area contributed by atoms with Crippen molar-refractivity contribution in [1.29, 1.82) is 0 Å². The molecule has 0 aliphatic heterocycles. The molecule has 3 aromatic heterocycles. The monoisotopic (exact) mass is 536 g/mol. The van der Waals surface area contributed by atoms with E-state index < -0.39 is 8.07 Å². The highest BCUT2D eigenvalue weighted by atomic mass is 32.1. The number of pyridine rings is 2. The molecule has 0 aliphatic rings. The van der Waals surface area contributed by atoms with Gasteiger partial charge in [0, 0.05) is 38.8 Å². The largest absolute Gasteiger partial charge is 0.256 e. The Morgan fingerprint density at radius 3 is 1.95 bits per heavy atom. The quantitative estimate of drug-likeness (QED) is 0.209. The average Bonchev–Trinajstić information content (AvgIpc) is 3.34. The molecular formula is C35H28N2SSi. The zero-order valence-corrected chi connectivity index (χ0v) is 24.1. The smallest absolute Gasteiger partial charge is 0.124 e. The van der Waals surface area contributed by atoms with E-state index >= 15 is 0 Å². The molecule has 2 nitrogen and oxygen atoms in total. The van der Waals surface area contributed by atoms with Crippen LogP contribution in [0.1, 0.15) is 0 Å². The van der Waals surface area contributed by atoms with Crippen LogP contribution in [-0.4, -0.2) is 18.0 Å². The highest BCUT2D eigenvalue weighted by molar-refractivity contribution is 7.25. The Labute approximate surface area is 233 Å². The molecule has 7 rings (SSSR count). The topological polar surface area (TPSA) is 25.8 Å². The third-order valence-electron chi connectivity index (χ3n) is 7.57. The van der Waals surface area contributed by atoms with Crippen molar-refractivity contribution in [2.75, 3.05) is 0 Å². The number of rotatable bonds is 4. The summed E-state index contributed by atoms with van der Waals surface area (Å²) >= 11 is 1.75. The van der Waals surface area contributed by atoms with E-state index in [9.17, 15) is 0 Å². The van der Waals surface area contributed by atoms with Crippen LogP contribution in [0.15, 0.2) is 116 Å². The first kappa shape index (κ1) is 24.0. The van der Waals surface area contributed by atoms with Gasteiger partial charge in [-0.1, -0.05) is 91.6 Å². The van der Waals surface area contributed by atoms with E-state index in [0.717, 1.165) is 21.3 Å². The molecule has 4 aromatic carbocycles. The van der Waals surface area contributed by atoms with Gasteiger partial charge < -0.3 is 0 Å². The molecule has 188 valence electrons. The maximum Gasteiger partial charge on any atom is 0.124 e. The summed E-state index contributed by atoms with van der Waals surface area (Å²) in [5.74, 6) is 0. The third kappa shape index (κ3) is 4.46. The molecule has 7 aromatic rings. The number of fused-ring (bicyclic) bond motifs is 4. The summed E-state index contributed by atoms with van der Waals surface area (Å²) in [4.78, 5) is 10.5. The van der Waals surface area contributed by atoms with Gasteiger partial charge in [0.25, 0.3) is 0 Å². The van der Waals surface area contributed by atoms with Crippen molar-refractivity contribution in [3.05, 3.63) is 116 Å². The van der Waals surface area contributed by atoms with Gasteiger partial charge in [0.15, 0.2) is 0 Å². The minimum Gasteiger partial charge on any atom is -0.256 e. The van der Waals surface area contributed by atoms with Crippen LogP contribution in [0.2, 0.25) is 19.6 Å². The average molecular weight is 537 g/mol. The van der Waals surface area contributed by atoms with E-state index in [2.05, 4.69) is 122 Å². The van der Waals surface area contributed by atoms with Gasteiger partial charge in [-0.05, 0) is 64.2 Å². The molecule has 0 bridgehead atoms. The van der Waals surface area contributed by atoms with Gasteiger partial charge in [-0.25, -0.2) is 4.98 Å². The fourth-order valence-corrected chi connectivity index (χ4v) is 7.46. The van der Waals surface area contributed by atoms with Crippen molar-refractivity contribution in [3.63, 3.8) is 0 Å². The van der Waals surface area contributed by atoms with E-state index in [1.165, 1.54) is 48.5 Å². The van der Waals surface area contributed by atoms with Crippen molar-refractivity contribution >= 4 is 55.8 Å². The molecular weight excluding hydrogens is 509 g/mol. The van der Waals surface area contributed by atoms with Crippen molar-refractivity contribution in [2.45, 2.75) is 19.6 Å². The second kappa shape index (κ2) is 9.26. The predicted octanol–water partition coefficient (Wildman–Crippen LogP) is 9.54. The lowest BCUT2D eigenvalue weighted by molar-refractivity contribution is 1.41. The lowest BCUT2D eigenvalue weighted by Gasteiger charge is -2.16. The number of thiophene rings is 1. The molecule has 0 saturated heterocycles. The van der Waals surface area contributed by atoms with E-state index in [4.69, 9.17) is 4.98 Å². The number of nitrogens with zero attached hydrogens (tertiary/aromatic N) is 2. The summed E-state index contributed by atoms with van der Waals surface area (Å²) < 4.78 is 1.28. The standard InChI is InChI=1S/C35H28N2SSi/c1-39(2,3)30-15-12-24(13-16-30)27-10-11-28-19-29(22-37-33(28)21-27)25-8-6-23(7-9-25)26-14-17-34-32(20-26)31-5-4-18-36-35(31)38-34/h4-22H,1-3H3. The van der Waals surface area contributed by atoms with Crippen LogP contribution in [0.5, 0.6) is 0 Å². The highest BCUT2D eigenvalue weighted by Crippen LogP contribution is 2.36. The summed E-state index contributed by atoms with van der Waals surface area (Å²) in [5.41, 5.74) is 8.21. The lowest BCUT2D eigenvalue weighted by atomic mass is 9.98. The first-order valence-corrected chi connectivity index (χ1v) is 17.6. The second-order valence-corrected chi connectivity index (χ2v) is 17.3. The molecule has 0 atom stereocenters. The molecule has 0 radical (unpaired) electrons. The van der Waals surface area contributed by atoms with Crippen LogP contribution < -0.4 is 5.19 Å². The van der Waals surface area contributed by atoms with Gasteiger partial charge in [-0.15, -0.1) is 11.3 Å². The van der Waals surface area contributed by atoms with Gasteiger partial charge in [0.1, 0.15) is 4.83 Å². The Kier molecular flexibility index (Phi) is 5.69. The Morgan fingerprint density at radius 2 is 1.21 bits per heavy atom. The molecule has 0 amide bonds. The van der Waals surface area contributed by atoms with Crippen molar-refractivity contribution in [2.24, 2.45) is 0 Å². The summed E-state index contributed by atoms with van der Waals surface area (Å²) in [7, 11) is -1.30. The van der Waals surface area contributed by atoms with Crippen molar-refractivity contribution in [1.82, 2.24) is 9.97 Å². The van der Waals surface area contributed by atoms with Crippen molar-refractivity contribution < 1.29 is 0 Å². The molecule has 39 heavy (non-hydrogen) atoms. The van der Waals surface area contributed by atoms with Crippen LogP contribution in [0.25, 0.3) is 64.6 Å². The third-order valence-corrected chi connectivity index (χ3v) is 10.7. The molecule has 4 heteroatoms. The molecule has 0 fully saturated rings. The van der Waals surface area contributed by atoms with Gasteiger partial charge in [0.2, 0.25) is 0 Å². The van der Waals surface area contributed by atoms with Crippen LogP contribution in [-0.2, 0) is 0 Å². The van der Waals surface area contributed by atoms with Crippen LogP contribution in [0.4, 0.5) is 0 Å². The molecule has 0 aliphatic carbocycles. The molecule has 0 spiro atoms. The van der Waals surface area contributed by atoms with Crippen LogP contribution >= 0.6 is 11.3 Å². The minimum absolute atomic E-state index is 1.02. The number of hydrogen-bond donors (Lipinski definition) is 0. The maximum atomic E-state index is 4.84. The highest BCUT2D eigenvalue weighted by Gasteiger charge is 2.16. The van der Waals surface area contributed by atoms with E-state index in [0.29, 0.717) is 0 Å². The maximum absolute atomic E-state index is 4.84. The molecule has 0 N–H and O–H groups in total. The van der Waals surface area contributed by atoms with Gasteiger partial charge >= 0.3 is 0 Å². The van der Waals surface area contributed by atoms with E-state index in [-0.39, 0.29) is 0 Å². The summed E-state index contributed by atoms with van der Waals surface area (Å²) in [5, 5.41) is 5.14. The number of aromatic nitrogens is 2. The second-order valence-electron chi connectivity index (χ2n) is 11.2. The van der Waals surface area contributed by atoms with Crippen molar-refractivity contribution in [3.8, 4) is 33.4 Å². The SMILES string of the molecule is C[Si](C)(C)c1ccc(-c2ccc3cc(-c4ccc(-c5ccc6sc7ncccc7c6c5)cc4)cnc3c2)cc1. The van der Waals surface area contributed by atoms with E-state index in [1.807, 2.05) is 18.5 Å². The number of benzene rings is 4. The summed E-state index contributed by atoms with van der Waals surface area (Å²) in [6.45, 7) is 7.16. The summed E-state index contributed by atoms with van der Waals surface area (Å²) in [6, 6.07) is 37.6. The Hall–Kier alpha value is -4.12. The van der Waals surface area contributed by atoms with E-state index in [1.54, 1.807) is 11.3 Å². The minimum atomic E-state index is -1.30. The molecule has 0 saturated carbocycles. The zero-order chi connectivity index (χ0) is 26.6. The lowest BCUT2D eigenvalue weighted by Crippen LogP contribution is -2.37. The molecule has 3 heterocycles. The van der Waals surface area contributed by atoms with Crippen LogP contribution in [0.3, 0.4) is 0 Å². The Balaban J connectivity index is 1.17.